The topological polar surface area (TPSA) is 35.9 Å². The van der Waals surface area contributed by atoms with Crippen molar-refractivity contribution in [2.75, 3.05) is 19.6 Å². The molecule has 0 radical (unpaired) electrons. The van der Waals surface area contributed by atoms with Crippen molar-refractivity contribution in [2.24, 2.45) is 4.99 Å². The van der Waals surface area contributed by atoms with Crippen LogP contribution in [0.2, 0.25) is 0 Å². The summed E-state index contributed by atoms with van der Waals surface area (Å²) in [4.78, 5) is 20.4. The Morgan fingerprint density at radius 3 is 2.79 bits per heavy atom. The second-order valence-electron chi connectivity index (χ2n) is 4.22. The van der Waals surface area contributed by atoms with Crippen LogP contribution in [-0.2, 0) is 4.79 Å². The second-order valence-corrected chi connectivity index (χ2v) is 4.22. The summed E-state index contributed by atoms with van der Waals surface area (Å²) in [6.45, 7) is 8.53. The van der Waals surface area contributed by atoms with E-state index >= 15 is 0 Å². The molecule has 4 nitrogen and oxygen atoms in total. The van der Waals surface area contributed by atoms with Crippen molar-refractivity contribution in [1.29, 1.82) is 0 Å². The van der Waals surface area contributed by atoms with E-state index in [0.717, 1.165) is 18.9 Å². The summed E-state index contributed by atoms with van der Waals surface area (Å²) < 4.78 is 0. The lowest BCUT2D eigenvalue weighted by Gasteiger charge is -2.39. The van der Waals surface area contributed by atoms with Gasteiger partial charge in [-0.1, -0.05) is 0 Å². The molecule has 0 aliphatic carbocycles. The number of hydrogen-bond donors (Lipinski definition) is 0. The molecule has 2 heterocycles. The number of hydrogen-bond acceptors (Lipinski definition) is 3. The number of amidine groups is 1. The number of amides is 1. The molecule has 0 aromatic carbocycles. The SMILES string of the molecule is CC1=NCC2C(=O)N(C(C)C)CCN12. The summed E-state index contributed by atoms with van der Waals surface area (Å²) in [5.41, 5.74) is 0. The minimum Gasteiger partial charge on any atom is -0.345 e. The van der Waals surface area contributed by atoms with Gasteiger partial charge in [0.2, 0.25) is 5.91 Å². The summed E-state index contributed by atoms with van der Waals surface area (Å²) in [6, 6.07) is 0.303. The Hall–Kier alpha value is -1.06. The molecule has 14 heavy (non-hydrogen) atoms. The lowest BCUT2D eigenvalue weighted by atomic mass is 10.1. The van der Waals surface area contributed by atoms with Crippen LogP contribution in [0.3, 0.4) is 0 Å². The fraction of sp³-hybridized carbons (Fsp3) is 0.800. The van der Waals surface area contributed by atoms with Gasteiger partial charge in [-0.3, -0.25) is 9.79 Å². The van der Waals surface area contributed by atoms with E-state index in [1.54, 1.807) is 0 Å². The minimum atomic E-state index is -0.00819. The van der Waals surface area contributed by atoms with Gasteiger partial charge in [-0.25, -0.2) is 0 Å². The van der Waals surface area contributed by atoms with Crippen LogP contribution < -0.4 is 0 Å². The third kappa shape index (κ3) is 1.29. The predicted molar refractivity (Wildman–Crippen MR) is 55.3 cm³/mol. The average molecular weight is 195 g/mol. The molecule has 78 valence electrons. The van der Waals surface area contributed by atoms with Gasteiger partial charge in [0.05, 0.1) is 12.4 Å². The van der Waals surface area contributed by atoms with E-state index in [9.17, 15) is 4.79 Å². The summed E-state index contributed by atoms with van der Waals surface area (Å²) in [6.07, 6.45) is 0. The van der Waals surface area contributed by atoms with Crippen LogP contribution in [0.15, 0.2) is 4.99 Å². The monoisotopic (exact) mass is 195 g/mol. The molecule has 2 aliphatic rings. The molecule has 2 aliphatic heterocycles. The lowest BCUT2D eigenvalue weighted by Crippen LogP contribution is -2.58. The molecule has 1 saturated heterocycles. The Labute approximate surface area is 84.6 Å². The summed E-state index contributed by atoms with van der Waals surface area (Å²) in [7, 11) is 0. The van der Waals surface area contributed by atoms with Gasteiger partial charge in [0.25, 0.3) is 0 Å². The van der Waals surface area contributed by atoms with E-state index in [2.05, 4.69) is 23.7 Å². The first-order chi connectivity index (χ1) is 6.61. The Bertz CT molecular complexity index is 285. The van der Waals surface area contributed by atoms with E-state index < -0.39 is 0 Å². The highest BCUT2D eigenvalue weighted by Gasteiger charge is 2.38. The largest absolute Gasteiger partial charge is 0.345 e. The Kier molecular flexibility index (Phi) is 2.21. The number of nitrogens with zero attached hydrogens (tertiary/aromatic N) is 3. The van der Waals surface area contributed by atoms with Crippen molar-refractivity contribution in [3.05, 3.63) is 0 Å². The Morgan fingerprint density at radius 2 is 2.14 bits per heavy atom. The third-order valence-electron chi connectivity index (χ3n) is 3.06. The molecule has 1 fully saturated rings. The highest BCUT2D eigenvalue weighted by Crippen LogP contribution is 2.19. The smallest absolute Gasteiger partial charge is 0.247 e. The molecule has 0 aromatic rings. The van der Waals surface area contributed by atoms with Crippen molar-refractivity contribution >= 4 is 11.7 Å². The normalized spacial score (nSPS) is 27.0. The highest BCUT2D eigenvalue weighted by molar-refractivity contribution is 5.92. The molecule has 1 unspecified atom stereocenters. The summed E-state index contributed by atoms with van der Waals surface area (Å²) >= 11 is 0. The van der Waals surface area contributed by atoms with Crippen LogP contribution in [0.4, 0.5) is 0 Å². The number of aliphatic imine (C=N–C) groups is 1. The number of carbonyl (C=O) groups is 1. The van der Waals surface area contributed by atoms with Crippen molar-refractivity contribution < 1.29 is 4.79 Å². The van der Waals surface area contributed by atoms with Gasteiger partial charge in [-0.2, -0.15) is 0 Å². The molecule has 4 heteroatoms. The van der Waals surface area contributed by atoms with E-state index in [0.29, 0.717) is 12.6 Å². The van der Waals surface area contributed by atoms with E-state index in [4.69, 9.17) is 0 Å². The van der Waals surface area contributed by atoms with Crippen molar-refractivity contribution in [1.82, 2.24) is 9.80 Å². The van der Waals surface area contributed by atoms with Gasteiger partial charge in [0, 0.05) is 19.1 Å². The standard InChI is InChI=1S/C10H17N3O/c1-7(2)12-4-5-13-8(3)11-6-9(13)10(12)14/h7,9H,4-6H2,1-3H3. The van der Waals surface area contributed by atoms with Crippen molar-refractivity contribution in [2.45, 2.75) is 32.9 Å². The quantitative estimate of drug-likeness (QED) is 0.605. The molecule has 1 atom stereocenters. The van der Waals surface area contributed by atoms with E-state index in [1.165, 1.54) is 0 Å². The van der Waals surface area contributed by atoms with E-state index in [1.807, 2.05) is 11.8 Å². The van der Waals surface area contributed by atoms with Crippen LogP contribution >= 0.6 is 0 Å². The zero-order chi connectivity index (χ0) is 10.3. The second kappa shape index (κ2) is 3.26. The maximum atomic E-state index is 12.0. The van der Waals surface area contributed by atoms with Crippen molar-refractivity contribution in [3.8, 4) is 0 Å². The first-order valence-electron chi connectivity index (χ1n) is 5.19. The van der Waals surface area contributed by atoms with Gasteiger partial charge < -0.3 is 9.80 Å². The first-order valence-corrected chi connectivity index (χ1v) is 5.19. The molecular formula is C10H17N3O. The van der Waals surface area contributed by atoms with Crippen LogP contribution in [-0.4, -0.2) is 53.3 Å². The third-order valence-corrected chi connectivity index (χ3v) is 3.06. The molecule has 0 aromatic heterocycles. The van der Waals surface area contributed by atoms with Crippen LogP contribution in [0.1, 0.15) is 20.8 Å². The number of rotatable bonds is 1. The molecule has 0 N–H and O–H groups in total. The molecule has 0 saturated carbocycles. The Morgan fingerprint density at radius 1 is 1.43 bits per heavy atom. The van der Waals surface area contributed by atoms with E-state index in [-0.39, 0.29) is 11.9 Å². The number of carbonyl (C=O) groups excluding carboxylic acids is 1. The van der Waals surface area contributed by atoms with Gasteiger partial charge in [-0.05, 0) is 20.8 Å². The number of piperazine rings is 1. The summed E-state index contributed by atoms with van der Waals surface area (Å²) in [5, 5.41) is 0. The summed E-state index contributed by atoms with van der Waals surface area (Å²) in [5.74, 6) is 1.26. The zero-order valence-corrected chi connectivity index (χ0v) is 9.03. The Balaban J connectivity index is 2.13. The maximum Gasteiger partial charge on any atom is 0.247 e. The van der Waals surface area contributed by atoms with Crippen LogP contribution in [0.5, 0.6) is 0 Å². The molecule has 0 bridgehead atoms. The predicted octanol–water partition coefficient (Wildman–Crippen LogP) is 0.340. The fourth-order valence-electron chi connectivity index (χ4n) is 2.19. The van der Waals surface area contributed by atoms with Crippen LogP contribution in [0.25, 0.3) is 0 Å². The van der Waals surface area contributed by atoms with Gasteiger partial charge >= 0.3 is 0 Å². The van der Waals surface area contributed by atoms with Crippen LogP contribution in [0, 0.1) is 0 Å². The van der Waals surface area contributed by atoms with Crippen molar-refractivity contribution in [3.63, 3.8) is 0 Å². The molecule has 2 rings (SSSR count). The lowest BCUT2D eigenvalue weighted by molar-refractivity contribution is -0.140. The molecular weight excluding hydrogens is 178 g/mol. The number of fused-ring (bicyclic) bond motifs is 1. The maximum absolute atomic E-state index is 12.0. The van der Waals surface area contributed by atoms with Gasteiger partial charge in [0.1, 0.15) is 6.04 Å². The minimum absolute atomic E-state index is 0.00819. The molecule has 1 amide bonds. The highest BCUT2D eigenvalue weighted by atomic mass is 16.2. The average Bonchev–Trinajstić information content (AvgIpc) is 2.49. The molecule has 0 spiro atoms. The fourth-order valence-corrected chi connectivity index (χ4v) is 2.19. The zero-order valence-electron chi connectivity index (χ0n) is 9.03. The first kappa shape index (κ1) is 9.49. The van der Waals surface area contributed by atoms with Gasteiger partial charge in [0.15, 0.2) is 0 Å². The van der Waals surface area contributed by atoms with Gasteiger partial charge in [-0.15, -0.1) is 0 Å².